The number of carbonyl (C=O) groups is 1. The summed E-state index contributed by atoms with van der Waals surface area (Å²) in [7, 11) is 3.68. The highest BCUT2D eigenvalue weighted by atomic mass is 16.7. The van der Waals surface area contributed by atoms with Gasteiger partial charge in [0, 0.05) is 69.7 Å². The second-order valence-electron chi connectivity index (χ2n) is 21.6. The van der Waals surface area contributed by atoms with Crippen molar-refractivity contribution >= 4 is 5.78 Å². The van der Waals surface area contributed by atoms with Gasteiger partial charge >= 0.3 is 0 Å². The number of hydrogen-bond acceptors (Lipinski definition) is 14. The van der Waals surface area contributed by atoms with E-state index in [2.05, 4.69) is 25.0 Å². The van der Waals surface area contributed by atoms with Gasteiger partial charge < -0.3 is 63.1 Å². The van der Waals surface area contributed by atoms with Crippen molar-refractivity contribution in [3.05, 3.63) is 24.3 Å². The van der Waals surface area contributed by atoms with Gasteiger partial charge in [-0.3, -0.25) is 4.79 Å². The van der Waals surface area contributed by atoms with E-state index in [1.54, 1.807) is 7.11 Å². The zero-order valence-corrected chi connectivity index (χ0v) is 37.9. The fourth-order valence-corrected chi connectivity index (χ4v) is 15.2. The number of hydrogen-bond donors (Lipinski definition) is 2. The first kappa shape index (κ1) is 44.2. The van der Waals surface area contributed by atoms with Gasteiger partial charge in [-0.15, -0.1) is 0 Å². The third-order valence-electron chi connectivity index (χ3n) is 18.0. The zero-order valence-electron chi connectivity index (χ0n) is 37.9. The number of nitrogens with two attached hydrogens (primary N) is 1. The summed E-state index contributed by atoms with van der Waals surface area (Å²) in [5.74, 6) is 1.38. The SMILES string of the molecule is C=C1C[C@@H]2CC[C@]34C[C@H]5C6C37O[C@H]3[C@@H](O4)[C@H]4O[C@H](CC[C@@H]4O[C@H]3[C@@]657)CC(=O)C[C@@H]3[C@@H](OC)[C@@H](C[C@H](O)CN(C)CCOCCOCCN)O[C@H]3C[C@H]3O[C@@H](CC[C@@H]1O2)C[C@@H](C)C3=C. The van der Waals surface area contributed by atoms with E-state index in [4.69, 9.17) is 53.1 Å². The van der Waals surface area contributed by atoms with Gasteiger partial charge in [-0.1, -0.05) is 20.1 Å². The Balaban J connectivity index is 0.808. The molecule has 352 valence electrons. The summed E-state index contributed by atoms with van der Waals surface area (Å²) >= 11 is 0. The first-order valence-electron chi connectivity index (χ1n) is 24.8. The van der Waals surface area contributed by atoms with Gasteiger partial charge in [0.15, 0.2) is 0 Å². The van der Waals surface area contributed by atoms with E-state index < -0.39 is 12.2 Å². The van der Waals surface area contributed by atoms with Gasteiger partial charge in [0.05, 0.1) is 99.2 Å². The maximum Gasteiger partial charge on any atom is 0.135 e. The van der Waals surface area contributed by atoms with Crippen LogP contribution in [0.1, 0.15) is 90.4 Å². The lowest BCUT2D eigenvalue weighted by molar-refractivity contribution is -0.338. The van der Waals surface area contributed by atoms with Gasteiger partial charge in [-0.05, 0) is 87.8 Å². The van der Waals surface area contributed by atoms with Crippen LogP contribution in [0.15, 0.2) is 24.3 Å². The predicted octanol–water partition coefficient (Wildman–Crippen LogP) is 3.68. The highest BCUT2D eigenvalue weighted by molar-refractivity contribution is 5.79. The van der Waals surface area contributed by atoms with Crippen molar-refractivity contribution in [2.45, 2.75) is 187 Å². The minimum absolute atomic E-state index is 0.0106. The molecule has 14 heteroatoms. The van der Waals surface area contributed by atoms with Crippen molar-refractivity contribution in [2.75, 3.05) is 60.2 Å². The molecule has 12 fully saturated rings. The number of ether oxygens (including phenoxy) is 10. The predicted molar refractivity (Wildman–Crippen MR) is 229 cm³/mol. The van der Waals surface area contributed by atoms with Crippen LogP contribution in [0.25, 0.3) is 0 Å². The topological polar surface area (TPSA) is 159 Å². The fraction of sp³-hybridized carbons (Fsp3) is 0.898. The minimum atomic E-state index is -0.669. The van der Waals surface area contributed by atoms with Crippen LogP contribution >= 0.6 is 0 Å². The molecular formula is C49H74N2O12. The molecule has 4 saturated carbocycles. The number of aliphatic hydroxyl groups excluding tert-OH is 1. The van der Waals surface area contributed by atoms with Crippen molar-refractivity contribution in [1.82, 2.24) is 4.90 Å². The van der Waals surface area contributed by atoms with Gasteiger partial charge in [0.1, 0.15) is 29.7 Å². The molecule has 0 amide bonds. The van der Waals surface area contributed by atoms with Crippen molar-refractivity contribution in [1.29, 1.82) is 0 Å². The average molecular weight is 883 g/mol. The van der Waals surface area contributed by atoms with Crippen molar-refractivity contribution in [3.8, 4) is 0 Å². The molecule has 11 bridgehead atoms. The van der Waals surface area contributed by atoms with Crippen LogP contribution in [0.5, 0.6) is 0 Å². The van der Waals surface area contributed by atoms with Gasteiger partial charge in [-0.25, -0.2) is 0 Å². The largest absolute Gasteiger partial charge is 0.392 e. The third-order valence-corrected chi connectivity index (χ3v) is 18.0. The Bertz CT molecular complexity index is 1750. The summed E-state index contributed by atoms with van der Waals surface area (Å²) in [6, 6.07) is 0. The molecule has 63 heavy (non-hydrogen) atoms. The number of rotatable bonds is 13. The smallest absolute Gasteiger partial charge is 0.135 e. The third kappa shape index (κ3) is 7.16. The summed E-state index contributed by atoms with van der Waals surface area (Å²) < 4.78 is 66.6. The Hall–Kier alpha value is -1.37. The quantitative estimate of drug-likeness (QED) is 0.204. The number of nitrogens with zero attached hydrogens (tertiary/aromatic N) is 1. The molecule has 2 unspecified atom stereocenters. The summed E-state index contributed by atoms with van der Waals surface area (Å²) in [5, 5.41) is 11.4. The lowest BCUT2D eigenvalue weighted by Crippen LogP contribution is -2.67. The van der Waals surface area contributed by atoms with Crippen molar-refractivity contribution in [3.63, 3.8) is 0 Å². The summed E-state index contributed by atoms with van der Waals surface area (Å²) in [6.07, 6.45) is 6.92. The van der Waals surface area contributed by atoms with E-state index in [0.717, 1.165) is 63.4 Å². The maximum atomic E-state index is 14.4. The average Bonchev–Trinajstić information content (AvgIpc) is 3.69. The fourth-order valence-electron chi connectivity index (χ4n) is 15.2. The molecule has 0 aromatic carbocycles. The Morgan fingerprint density at radius 2 is 1.65 bits per heavy atom. The molecule has 3 spiro atoms. The van der Waals surface area contributed by atoms with E-state index in [1.807, 2.05) is 7.05 Å². The first-order chi connectivity index (χ1) is 30.5. The van der Waals surface area contributed by atoms with E-state index in [9.17, 15) is 9.90 Å². The Morgan fingerprint density at radius 3 is 2.48 bits per heavy atom. The zero-order chi connectivity index (χ0) is 43.4. The second kappa shape index (κ2) is 17.0. The molecule has 8 aliphatic heterocycles. The lowest BCUT2D eigenvalue weighted by Gasteiger charge is -2.54. The number of ketones is 1. The molecule has 3 N–H and O–H groups in total. The van der Waals surface area contributed by atoms with Crippen LogP contribution < -0.4 is 5.73 Å². The van der Waals surface area contributed by atoms with E-state index in [1.165, 1.54) is 5.57 Å². The molecule has 0 aromatic heterocycles. The van der Waals surface area contributed by atoms with Crippen LogP contribution in [0.4, 0.5) is 0 Å². The number of fused-ring (bicyclic) bond motifs is 6. The molecule has 8 heterocycles. The monoisotopic (exact) mass is 883 g/mol. The first-order valence-corrected chi connectivity index (χ1v) is 24.8. The molecule has 14 nitrogen and oxygen atoms in total. The molecule has 12 rings (SSSR count). The lowest BCUT2D eigenvalue weighted by atomic mass is 9.81. The van der Waals surface area contributed by atoms with E-state index in [-0.39, 0.29) is 114 Å². The minimum Gasteiger partial charge on any atom is -0.392 e. The molecule has 12 aliphatic rings. The standard InChI is InChI=1S/C49H74N2O12/c1-26-18-31-6-8-36-27(2)19-33(57-36)10-11-47-24-35-45-48(35)46-44(63-49(45,47)48)43(62-47)42-37(61-46)9-7-32(59-42)20-29(52)21-34-39(23-38(58-31)28(26)3)60-40(41(34)54-5)22-30(53)25-51(4)13-15-56-17-16-55-14-12-50/h26,30-46,53H,2-3,6-25,50H2,1,4-5H3/t26-,30+,31+,32-,33+,34+,35+,36+,37+,38-,39+,40-,41-,42+,43+,44+,45?,46-,47+,48+,49?/m1/s1. The Morgan fingerprint density at radius 1 is 0.857 bits per heavy atom. The van der Waals surface area contributed by atoms with Gasteiger partial charge in [0.2, 0.25) is 0 Å². The molecule has 4 aliphatic carbocycles. The molecular weight excluding hydrogens is 809 g/mol. The van der Waals surface area contributed by atoms with Crippen LogP contribution in [0, 0.1) is 29.1 Å². The number of Topliss-reactive ketones (excluding diaryl/α,β-unsaturated/α-hetero) is 1. The summed E-state index contributed by atoms with van der Waals surface area (Å²) in [5.41, 5.74) is 7.31. The maximum absolute atomic E-state index is 14.4. The van der Waals surface area contributed by atoms with Crippen molar-refractivity contribution < 1.29 is 57.3 Å². The molecule has 21 atom stereocenters. The normalized spacial score (nSPS) is 51.0. The van der Waals surface area contributed by atoms with Crippen LogP contribution in [-0.2, 0) is 52.2 Å². The summed E-state index contributed by atoms with van der Waals surface area (Å²) in [6.45, 7) is 15.0. The summed E-state index contributed by atoms with van der Waals surface area (Å²) in [4.78, 5) is 16.5. The van der Waals surface area contributed by atoms with E-state index in [0.29, 0.717) is 77.2 Å². The highest BCUT2D eigenvalue weighted by Gasteiger charge is 3.12. The molecule has 0 aromatic rings. The number of aliphatic hydroxyl groups is 1. The number of methoxy groups -OCH3 is 1. The molecule has 8 saturated heterocycles. The Kier molecular flexibility index (Phi) is 11.9. The second-order valence-corrected chi connectivity index (χ2v) is 21.6. The van der Waals surface area contributed by atoms with E-state index >= 15 is 0 Å². The van der Waals surface area contributed by atoms with Gasteiger partial charge in [0.25, 0.3) is 0 Å². The highest BCUT2D eigenvalue weighted by Crippen LogP contribution is 3.03. The number of carbonyl (C=O) groups excluding carboxylic acids is 1. The van der Waals surface area contributed by atoms with Crippen molar-refractivity contribution in [2.24, 2.45) is 34.8 Å². The Labute approximate surface area is 373 Å². The van der Waals surface area contributed by atoms with Crippen LogP contribution in [0.3, 0.4) is 0 Å². The number of likely N-dealkylation sites (N-methyl/N-ethyl adjacent to an activating group) is 1. The van der Waals surface area contributed by atoms with Crippen LogP contribution in [-0.4, -0.2) is 173 Å². The molecule has 0 radical (unpaired) electrons. The van der Waals surface area contributed by atoms with Crippen LogP contribution in [0.2, 0.25) is 0 Å². The van der Waals surface area contributed by atoms with Gasteiger partial charge in [-0.2, -0.15) is 0 Å².